The molecule has 0 aromatic heterocycles. The number of nitrogens with two attached hydrogens (primary N) is 1. The van der Waals surface area contributed by atoms with Crippen molar-refractivity contribution in [2.45, 2.75) is 30.5 Å². The van der Waals surface area contributed by atoms with E-state index in [-0.39, 0.29) is 24.5 Å². The summed E-state index contributed by atoms with van der Waals surface area (Å²) in [4.78, 5) is 13.7. The number of ether oxygens (including phenoxy) is 1. The maximum absolute atomic E-state index is 13.2. The van der Waals surface area contributed by atoms with Gasteiger partial charge in [-0.3, -0.25) is 0 Å². The number of likely N-dealkylation sites (tertiary alicyclic amines) is 1. The van der Waals surface area contributed by atoms with E-state index in [0.717, 1.165) is 29.2 Å². The van der Waals surface area contributed by atoms with Crippen LogP contribution >= 0.6 is 0 Å². The van der Waals surface area contributed by atoms with Gasteiger partial charge in [0, 0.05) is 13.1 Å². The molecule has 2 heterocycles. The van der Waals surface area contributed by atoms with Crippen molar-refractivity contribution in [2.75, 3.05) is 18.0 Å². The molecule has 1 amide bonds. The number of aliphatic hydroxyl groups is 1. The molecule has 4 rings (SSSR count). The van der Waals surface area contributed by atoms with Gasteiger partial charge >= 0.3 is 18.4 Å². The second kappa shape index (κ2) is 7.70. The summed E-state index contributed by atoms with van der Waals surface area (Å²) < 4.78 is 84.8. The van der Waals surface area contributed by atoms with Gasteiger partial charge in [0.15, 0.2) is 11.5 Å². The largest absolute Gasteiger partial charge is 0.465 e. The zero-order chi connectivity index (χ0) is 24.3. The Morgan fingerprint density at radius 1 is 0.939 bits per heavy atom. The molecule has 2 aromatic rings. The van der Waals surface area contributed by atoms with E-state index in [0.29, 0.717) is 12.1 Å². The zero-order valence-electron chi connectivity index (χ0n) is 16.6. The summed E-state index contributed by atoms with van der Waals surface area (Å²) in [6.07, 6.45) is -12.2. The standard InChI is InChI=1S/C20H17F6N3O4/c21-19(22,23)9-1-3-12-15(5-9)33-16-6-10(20(24,25)26)2-4-13(16)29(12)14-8-28(18(31)32)7-11(27)17(14)30/h1-6,11,14,17,30H,7-8,27H2,(H,31,32). The number of amides is 1. The average molecular weight is 477 g/mol. The molecular weight excluding hydrogens is 460 g/mol. The molecule has 3 atom stereocenters. The molecule has 2 aliphatic heterocycles. The van der Waals surface area contributed by atoms with E-state index in [1.807, 2.05) is 0 Å². The molecule has 13 heteroatoms. The highest BCUT2D eigenvalue weighted by molar-refractivity contribution is 5.80. The highest BCUT2D eigenvalue weighted by atomic mass is 19.4. The maximum Gasteiger partial charge on any atom is 0.416 e. The molecule has 0 saturated carbocycles. The summed E-state index contributed by atoms with van der Waals surface area (Å²) in [5, 5.41) is 20.1. The molecule has 0 radical (unpaired) electrons. The number of hydrogen-bond acceptors (Lipinski definition) is 5. The average Bonchev–Trinajstić information content (AvgIpc) is 2.71. The summed E-state index contributed by atoms with van der Waals surface area (Å²) >= 11 is 0. The van der Waals surface area contributed by atoms with Crippen molar-refractivity contribution < 1.29 is 46.1 Å². The molecule has 0 spiro atoms. The zero-order valence-corrected chi connectivity index (χ0v) is 16.6. The Morgan fingerprint density at radius 2 is 1.42 bits per heavy atom. The number of alkyl halides is 6. The minimum Gasteiger partial charge on any atom is -0.465 e. The van der Waals surface area contributed by atoms with E-state index in [2.05, 4.69) is 0 Å². The second-order valence-corrected chi connectivity index (χ2v) is 7.74. The molecule has 178 valence electrons. The number of rotatable bonds is 1. The number of halogens is 6. The third-order valence-corrected chi connectivity index (χ3v) is 5.59. The smallest absolute Gasteiger partial charge is 0.416 e. The van der Waals surface area contributed by atoms with E-state index in [4.69, 9.17) is 10.5 Å². The van der Waals surface area contributed by atoms with Gasteiger partial charge in [0.2, 0.25) is 0 Å². The van der Waals surface area contributed by atoms with Gasteiger partial charge in [-0.1, -0.05) is 0 Å². The van der Waals surface area contributed by atoms with Crippen LogP contribution < -0.4 is 15.4 Å². The van der Waals surface area contributed by atoms with Crippen LogP contribution in [0.4, 0.5) is 42.5 Å². The molecule has 33 heavy (non-hydrogen) atoms. The summed E-state index contributed by atoms with van der Waals surface area (Å²) in [6.45, 7) is -0.498. The second-order valence-electron chi connectivity index (χ2n) is 7.74. The number of fused-ring (bicyclic) bond motifs is 2. The monoisotopic (exact) mass is 477 g/mol. The lowest BCUT2D eigenvalue weighted by atomic mass is 9.94. The van der Waals surface area contributed by atoms with Crippen LogP contribution in [0.1, 0.15) is 11.1 Å². The first-order valence-corrected chi connectivity index (χ1v) is 9.58. The topological polar surface area (TPSA) is 99.3 Å². The highest BCUT2D eigenvalue weighted by Crippen LogP contribution is 2.51. The van der Waals surface area contributed by atoms with Crippen molar-refractivity contribution in [1.29, 1.82) is 0 Å². The van der Waals surface area contributed by atoms with Crippen LogP contribution in [-0.2, 0) is 12.4 Å². The van der Waals surface area contributed by atoms with Gasteiger partial charge in [0.1, 0.15) is 0 Å². The summed E-state index contributed by atoms with van der Waals surface area (Å²) in [6, 6.07) is 2.74. The third kappa shape index (κ3) is 4.13. The van der Waals surface area contributed by atoms with Crippen molar-refractivity contribution in [3.8, 4) is 11.5 Å². The highest BCUT2D eigenvalue weighted by Gasteiger charge is 2.44. The normalized spacial score (nSPS) is 23.0. The van der Waals surface area contributed by atoms with E-state index < -0.39 is 59.3 Å². The first-order valence-electron chi connectivity index (χ1n) is 9.58. The lowest BCUT2D eigenvalue weighted by molar-refractivity contribution is -0.138. The summed E-state index contributed by atoms with van der Waals surface area (Å²) in [5.74, 6) is -0.797. The fraction of sp³-hybridized carbons (Fsp3) is 0.350. The lowest BCUT2D eigenvalue weighted by Crippen LogP contribution is -2.64. The van der Waals surface area contributed by atoms with Gasteiger partial charge in [-0.05, 0) is 36.4 Å². The van der Waals surface area contributed by atoms with Crippen LogP contribution in [0.5, 0.6) is 11.5 Å². The third-order valence-electron chi connectivity index (χ3n) is 5.59. The number of carboxylic acid groups (broad SMARTS) is 1. The first-order chi connectivity index (χ1) is 15.3. The minimum atomic E-state index is -4.75. The number of nitrogens with zero attached hydrogens (tertiary/aromatic N) is 2. The Labute approximate surface area is 182 Å². The predicted molar refractivity (Wildman–Crippen MR) is 102 cm³/mol. The van der Waals surface area contributed by atoms with Gasteiger partial charge in [-0.2, -0.15) is 26.3 Å². The molecule has 4 N–H and O–H groups in total. The fourth-order valence-corrected chi connectivity index (χ4v) is 3.99. The van der Waals surface area contributed by atoms with Crippen LogP contribution in [0, 0.1) is 0 Å². The van der Waals surface area contributed by atoms with Gasteiger partial charge < -0.3 is 30.5 Å². The Bertz CT molecular complexity index is 1030. The quantitative estimate of drug-likeness (QED) is 0.537. The first kappa shape index (κ1) is 23.0. The number of piperidine rings is 1. The van der Waals surface area contributed by atoms with Crippen molar-refractivity contribution >= 4 is 17.5 Å². The molecule has 1 saturated heterocycles. The Hall–Kier alpha value is -3.19. The molecule has 0 bridgehead atoms. The molecule has 1 fully saturated rings. The van der Waals surface area contributed by atoms with E-state index in [9.17, 15) is 41.4 Å². The van der Waals surface area contributed by atoms with Crippen molar-refractivity contribution in [2.24, 2.45) is 5.73 Å². The van der Waals surface area contributed by atoms with Crippen molar-refractivity contribution in [3.05, 3.63) is 47.5 Å². The van der Waals surface area contributed by atoms with E-state index in [1.165, 1.54) is 4.90 Å². The molecule has 0 aliphatic carbocycles. The van der Waals surface area contributed by atoms with Crippen LogP contribution in [0.25, 0.3) is 0 Å². The Kier molecular flexibility index (Phi) is 5.36. The van der Waals surface area contributed by atoms with Gasteiger partial charge in [-0.15, -0.1) is 0 Å². The van der Waals surface area contributed by atoms with Gasteiger partial charge in [0.25, 0.3) is 0 Å². The molecule has 2 aliphatic rings. The van der Waals surface area contributed by atoms with Gasteiger partial charge in [0.05, 0.1) is 40.7 Å². The van der Waals surface area contributed by atoms with Crippen LogP contribution in [0.3, 0.4) is 0 Å². The number of carbonyl (C=O) groups is 1. The summed E-state index contributed by atoms with van der Waals surface area (Å²) in [7, 11) is 0. The molecule has 7 nitrogen and oxygen atoms in total. The fourth-order valence-electron chi connectivity index (χ4n) is 3.99. The summed E-state index contributed by atoms with van der Waals surface area (Å²) in [5.41, 5.74) is 3.74. The number of hydrogen-bond donors (Lipinski definition) is 3. The predicted octanol–water partition coefficient (Wildman–Crippen LogP) is 4.02. The number of anilines is 2. The Balaban J connectivity index is 1.88. The maximum atomic E-state index is 13.2. The minimum absolute atomic E-state index is 0.0127. The van der Waals surface area contributed by atoms with Crippen molar-refractivity contribution in [3.63, 3.8) is 0 Å². The number of aliphatic hydroxyl groups excluding tert-OH is 1. The Morgan fingerprint density at radius 3 is 1.85 bits per heavy atom. The van der Waals surface area contributed by atoms with Crippen LogP contribution in [-0.4, -0.2) is 52.5 Å². The number of benzene rings is 2. The lowest BCUT2D eigenvalue weighted by Gasteiger charge is -2.46. The molecule has 3 unspecified atom stereocenters. The van der Waals surface area contributed by atoms with Crippen LogP contribution in [0.2, 0.25) is 0 Å². The van der Waals surface area contributed by atoms with Crippen LogP contribution in [0.15, 0.2) is 36.4 Å². The molecule has 2 aromatic carbocycles. The van der Waals surface area contributed by atoms with Crippen molar-refractivity contribution in [1.82, 2.24) is 4.90 Å². The van der Waals surface area contributed by atoms with Gasteiger partial charge in [-0.25, -0.2) is 4.79 Å². The SMILES string of the molecule is NC1CN(C(=O)O)CC(N2c3ccc(C(F)(F)F)cc3Oc3cc(C(F)(F)F)ccc32)C1O. The van der Waals surface area contributed by atoms with E-state index in [1.54, 1.807) is 0 Å². The molecular formula is C20H17F6N3O4. The van der Waals surface area contributed by atoms with E-state index >= 15 is 0 Å².